The highest BCUT2D eigenvalue weighted by molar-refractivity contribution is 9.10. The van der Waals surface area contributed by atoms with Crippen LogP contribution in [0.3, 0.4) is 0 Å². The van der Waals surface area contributed by atoms with Crippen LogP contribution in [0.25, 0.3) is 0 Å². The van der Waals surface area contributed by atoms with Gasteiger partial charge in [-0.25, -0.2) is 5.01 Å². The molecule has 0 aromatic heterocycles. The van der Waals surface area contributed by atoms with Gasteiger partial charge in [0, 0.05) is 27.9 Å². The second-order valence-corrected chi connectivity index (χ2v) is 7.30. The third kappa shape index (κ3) is 4.14. The minimum atomic E-state index is -0.423. The lowest BCUT2D eigenvalue weighted by molar-refractivity contribution is -0.164. The van der Waals surface area contributed by atoms with E-state index in [1.165, 1.54) is 5.01 Å². The topological polar surface area (TPSA) is 57.7 Å². The molecule has 2 aromatic carbocycles. The summed E-state index contributed by atoms with van der Waals surface area (Å²) < 4.78 is 0.905. The first kappa shape index (κ1) is 18.6. The normalized spacial score (nSPS) is 14.5. The first-order valence-corrected chi connectivity index (χ1v) is 9.30. The molecule has 7 heteroatoms. The highest BCUT2D eigenvalue weighted by Crippen LogP contribution is 2.21. The van der Waals surface area contributed by atoms with Crippen molar-refractivity contribution in [2.45, 2.75) is 25.8 Å². The number of carbonyl (C=O) groups is 3. The molecule has 0 radical (unpaired) electrons. The standard InChI is InChI=1S/C19H16BrClN2O3/c20-15-8-4-13(5-9-15)12-22(23-17(24)2-1-3-18(23)25)19(26)14-6-10-16(21)11-7-14/h4-11H,1-3,12H2. The fourth-order valence-electron chi connectivity index (χ4n) is 2.75. The van der Waals surface area contributed by atoms with E-state index in [0.29, 0.717) is 17.0 Å². The van der Waals surface area contributed by atoms with Crippen LogP contribution in [0.1, 0.15) is 35.2 Å². The van der Waals surface area contributed by atoms with E-state index >= 15 is 0 Å². The number of hydrazine groups is 1. The number of rotatable bonds is 4. The number of hydrogen-bond donors (Lipinski definition) is 0. The van der Waals surface area contributed by atoms with Crippen LogP contribution in [0.4, 0.5) is 0 Å². The molecule has 0 unspecified atom stereocenters. The summed E-state index contributed by atoms with van der Waals surface area (Å²) in [5.41, 5.74) is 1.17. The molecule has 0 saturated carbocycles. The number of piperidine rings is 1. The highest BCUT2D eigenvalue weighted by atomic mass is 79.9. The Morgan fingerprint density at radius 1 is 1.00 bits per heavy atom. The lowest BCUT2D eigenvalue weighted by atomic mass is 10.1. The number of imide groups is 1. The number of nitrogens with zero attached hydrogens (tertiary/aromatic N) is 2. The van der Waals surface area contributed by atoms with Crippen molar-refractivity contribution in [3.8, 4) is 0 Å². The maximum atomic E-state index is 13.0. The molecular formula is C19H16BrClN2O3. The van der Waals surface area contributed by atoms with Crippen molar-refractivity contribution >= 4 is 45.3 Å². The van der Waals surface area contributed by atoms with Crippen molar-refractivity contribution in [2.24, 2.45) is 0 Å². The van der Waals surface area contributed by atoms with Crippen LogP contribution in [-0.2, 0) is 16.1 Å². The van der Waals surface area contributed by atoms with E-state index in [-0.39, 0.29) is 31.2 Å². The molecule has 5 nitrogen and oxygen atoms in total. The number of benzene rings is 2. The second-order valence-electron chi connectivity index (χ2n) is 5.95. The molecular weight excluding hydrogens is 420 g/mol. The van der Waals surface area contributed by atoms with Crippen molar-refractivity contribution in [3.05, 3.63) is 69.2 Å². The zero-order valence-corrected chi connectivity index (χ0v) is 16.2. The molecule has 3 rings (SSSR count). The Morgan fingerprint density at radius 3 is 2.15 bits per heavy atom. The Balaban J connectivity index is 1.95. The number of halogens is 2. The summed E-state index contributed by atoms with van der Waals surface area (Å²) in [5.74, 6) is -1.14. The monoisotopic (exact) mass is 434 g/mol. The molecule has 1 aliphatic rings. The van der Waals surface area contributed by atoms with Crippen LogP contribution < -0.4 is 0 Å². The molecule has 1 aliphatic heterocycles. The van der Waals surface area contributed by atoms with Crippen molar-refractivity contribution in [3.63, 3.8) is 0 Å². The summed E-state index contributed by atoms with van der Waals surface area (Å²) in [5, 5.41) is 2.71. The molecule has 1 heterocycles. The summed E-state index contributed by atoms with van der Waals surface area (Å²) >= 11 is 9.26. The molecule has 0 aliphatic carbocycles. The fourth-order valence-corrected chi connectivity index (χ4v) is 3.14. The molecule has 0 spiro atoms. The van der Waals surface area contributed by atoms with Gasteiger partial charge in [-0.3, -0.25) is 14.4 Å². The van der Waals surface area contributed by atoms with Gasteiger partial charge in [-0.1, -0.05) is 39.7 Å². The average molecular weight is 436 g/mol. The second kappa shape index (κ2) is 8.01. The Labute approximate surface area is 164 Å². The summed E-state index contributed by atoms with van der Waals surface area (Å²) in [6.07, 6.45) is 1.00. The van der Waals surface area contributed by atoms with Crippen molar-refractivity contribution in [1.82, 2.24) is 10.0 Å². The number of amides is 3. The number of carbonyl (C=O) groups excluding carboxylic acids is 3. The minimum absolute atomic E-state index is 0.117. The molecule has 134 valence electrons. The van der Waals surface area contributed by atoms with Crippen molar-refractivity contribution in [1.29, 1.82) is 0 Å². The minimum Gasteiger partial charge on any atom is -0.273 e. The Bertz CT molecular complexity index is 821. The zero-order chi connectivity index (χ0) is 18.7. The van der Waals surface area contributed by atoms with Gasteiger partial charge in [0.05, 0.1) is 6.54 Å². The van der Waals surface area contributed by atoms with Crippen LogP contribution in [0, 0.1) is 0 Å². The van der Waals surface area contributed by atoms with E-state index in [1.807, 2.05) is 24.3 Å². The Morgan fingerprint density at radius 2 is 1.58 bits per heavy atom. The van der Waals surface area contributed by atoms with Gasteiger partial charge in [0.25, 0.3) is 5.91 Å². The Kier molecular flexibility index (Phi) is 5.74. The van der Waals surface area contributed by atoms with Crippen LogP contribution >= 0.6 is 27.5 Å². The van der Waals surface area contributed by atoms with Crippen LogP contribution in [0.5, 0.6) is 0 Å². The van der Waals surface area contributed by atoms with Gasteiger partial charge in [0.1, 0.15) is 0 Å². The zero-order valence-electron chi connectivity index (χ0n) is 13.8. The number of hydrogen-bond acceptors (Lipinski definition) is 3. The largest absolute Gasteiger partial charge is 0.273 e. The van der Waals surface area contributed by atoms with Gasteiger partial charge >= 0.3 is 0 Å². The summed E-state index contributed by atoms with van der Waals surface area (Å²) in [7, 11) is 0. The van der Waals surface area contributed by atoms with Gasteiger partial charge < -0.3 is 0 Å². The molecule has 1 fully saturated rings. The summed E-state index contributed by atoms with van der Waals surface area (Å²) in [6.45, 7) is 0.117. The van der Waals surface area contributed by atoms with Gasteiger partial charge in [-0.2, -0.15) is 5.01 Å². The maximum Gasteiger partial charge on any atom is 0.273 e. The highest BCUT2D eigenvalue weighted by Gasteiger charge is 2.34. The molecule has 2 aromatic rings. The molecule has 0 bridgehead atoms. The molecule has 26 heavy (non-hydrogen) atoms. The smallest absolute Gasteiger partial charge is 0.273 e. The SMILES string of the molecule is O=C(c1ccc(Cl)cc1)N(Cc1ccc(Br)cc1)N1C(=O)CCCC1=O. The first-order valence-electron chi connectivity index (χ1n) is 8.13. The van der Waals surface area contributed by atoms with E-state index < -0.39 is 5.91 Å². The maximum absolute atomic E-state index is 13.0. The van der Waals surface area contributed by atoms with Crippen LogP contribution in [0.15, 0.2) is 53.0 Å². The lowest BCUT2D eigenvalue weighted by Gasteiger charge is -2.35. The Hall–Kier alpha value is -2.18. The van der Waals surface area contributed by atoms with Gasteiger partial charge in [0.2, 0.25) is 11.8 Å². The van der Waals surface area contributed by atoms with E-state index in [2.05, 4.69) is 15.9 Å². The lowest BCUT2D eigenvalue weighted by Crippen LogP contribution is -2.54. The van der Waals surface area contributed by atoms with E-state index in [0.717, 1.165) is 15.0 Å². The molecule has 0 N–H and O–H groups in total. The van der Waals surface area contributed by atoms with E-state index in [4.69, 9.17) is 11.6 Å². The van der Waals surface area contributed by atoms with Crippen LogP contribution in [0.2, 0.25) is 5.02 Å². The van der Waals surface area contributed by atoms with Crippen LogP contribution in [-0.4, -0.2) is 27.7 Å². The third-order valence-corrected chi connectivity index (χ3v) is 4.85. The summed E-state index contributed by atoms with van der Waals surface area (Å²) in [4.78, 5) is 37.8. The first-order chi connectivity index (χ1) is 12.5. The molecule has 1 saturated heterocycles. The molecule has 3 amide bonds. The summed E-state index contributed by atoms with van der Waals surface area (Å²) in [6, 6.07) is 13.7. The van der Waals surface area contributed by atoms with E-state index in [9.17, 15) is 14.4 Å². The third-order valence-electron chi connectivity index (χ3n) is 4.07. The van der Waals surface area contributed by atoms with Crippen molar-refractivity contribution < 1.29 is 14.4 Å². The van der Waals surface area contributed by atoms with Gasteiger partial charge in [-0.15, -0.1) is 0 Å². The predicted octanol–water partition coefficient (Wildman–Crippen LogP) is 4.20. The predicted molar refractivity (Wildman–Crippen MR) is 101 cm³/mol. The van der Waals surface area contributed by atoms with E-state index in [1.54, 1.807) is 24.3 Å². The quantitative estimate of drug-likeness (QED) is 0.676. The van der Waals surface area contributed by atoms with Gasteiger partial charge in [-0.05, 0) is 48.4 Å². The van der Waals surface area contributed by atoms with Crippen molar-refractivity contribution in [2.75, 3.05) is 0 Å². The van der Waals surface area contributed by atoms with Gasteiger partial charge in [0.15, 0.2) is 0 Å². The fraction of sp³-hybridized carbons (Fsp3) is 0.211. The average Bonchev–Trinajstić information content (AvgIpc) is 2.62. The molecule has 0 atom stereocenters.